The van der Waals surface area contributed by atoms with Crippen molar-refractivity contribution < 1.29 is 14.7 Å². The van der Waals surface area contributed by atoms with Gasteiger partial charge in [-0.15, -0.1) is 11.3 Å². The van der Waals surface area contributed by atoms with E-state index in [4.69, 9.17) is 10.4 Å². The number of carbonyl (C=O) groups excluding carboxylic acids is 1. The molecule has 0 aliphatic heterocycles. The van der Waals surface area contributed by atoms with Gasteiger partial charge in [-0.2, -0.15) is 5.26 Å². The minimum atomic E-state index is -1.10. The highest BCUT2D eigenvalue weighted by Gasteiger charge is 2.13. The Hall–Kier alpha value is -2.07. The van der Waals surface area contributed by atoms with Crippen molar-refractivity contribution in [1.29, 1.82) is 5.26 Å². The van der Waals surface area contributed by atoms with Gasteiger partial charge in [0, 0.05) is 0 Å². The molecule has 15 heavy (non-hydrogen) atoms. The number of thiophene rings is 1. The Morgan fingerprint density at radius 2 is 2.33 bits per heavy atom. The third kappa shape index (κ3) is 2.96. The number of carboxylic acids is 1. The van der Waals surface area contributed by atoms with Gasteiger partial charge in [-0.3, -0.25) is 5.32 Å². The Kier molecular flexibility index (Phi) is 3.65. The molecule has 1 aromatic heterocycles. The van der Waals surface area contributed by atoms with Gasteiger partial charge >= 0.3 is 12.0 Å². The topological polar surface area (TPSA) is 102 Å². The van der Waals surface area contributed by atoms with Gasteiger partial charge in [-0.25, -0.2) is 9.59 Å². The molecular formula is C8H7N3O3S. The molecule has 0 unspecified atom stereocenters. The Morgan fingerprint density at radius 1 is 1.60 bits per heavy atom. The Labute approximate surface area is 89.1 Å². The van der Waals surface area contributed by atoms with Crippen molar-refractivity contribution in [2.24, 2.45) is 0 Å². The zero-order chi connectivity index (χ0) is 11.3. The third-order valence-electron chi connectivity index (χ3n) is 1.45. The molecule has 6 nitrogen and oxygen atoms in total. The fourth-order valence-corrected chi connectivity index (χ4v) is 1.62. The van der Waals surface area contributed by atoms with Crippen molar-refractivity contribution in [2.75, 3.05) is 11.9 Å². The summed E-state index contributed by atoms with van der Waals surface area (Å²) in [4.78, 5) is 21.7. The molecule has 0 radical (unpaired) electrons. The highest BCUT2D eigenvalue weighted by molar-refractivity contribution is 7.14. The minimum Gasteiger partial charge on any atom is -0.478 e. The van der Waals surface area contributed by atoms with Crippen LogP contribution in [-0.2, 0) is 0 Å². The van der Waals surface area contributed by atoms with E-state index in [0.29, 0.717) is 0 Å². The summed E-state index contributed by atoms with van der Waals surface area (Å²) >= 11 is 1.10. The average Bonchev–Trinajstić information content (AvgIpc) is 2.62. The molecule has 0 atom stereocenters. The number of carboxylic acid groups (broad SMARTS) is 1. The Balaban J connectivity index is 2.65. The smallest absolute Gasteiger partial charge is 0.338 e. The first kappa shape index (κ1) is 11.0. The number of nitriles is 1. The maximum absolute atomic E-state index is 11.1. The molecule has 0 saturated heterocycles. The fourth-order valence-electron chi connectivity index (χ4n) is 0.842. The van der Waals surface area contributed by atoms with Crippen LogP contribution in [0.5, 0.6) is 0 Å². The van der Waals surface area contributed by atoms with Crippen molar-refractivity contribution >= 4 is 28.3 Å². The lowest BCUT2D eigenvalue weighted by Crippen LogP contribution is -2.29. The summed E-state index contributed by atoms with van der Waals surface area (Å²) in [5.41, 5.74) is 0.0344. The van der Waals surface area contributed by atoms with Gasteiger partial charge < -0.3 is 10.4 Å². The fraction of sp³-hybridized carbons (Fsp3) is 0.125. The number of nitrogens with one attached hydrogen (secondary N) is 2. The zero-order valence-corrected chi connectivity index (χ0v) is 8.30. The van der Waals surface area contributed by atoms with E-state index < -0.39 is 12.0 Å². The lowest BCUT2D eigenvalue weighted by atomic mass is 10.3. The van der Waals surface area contributed by atoms with Crippen LogP contribution in [0, 0.1) is 11.3 Å². The molecule has 0 bridgehead atoms. The van der Waals surface area contributed by atoms with Gasteiger partial charge in [0.15, 0.2) is 0 Å². The van der Waals surface area contributed by atoms with Crippen molar-refractivity contribution in [1.82, 2.24) is 5.32 Å². The quantitative estimate of drug-likeness (QED) is 0.670. The predicted molar refractivity (Wildman–Crippen MR) is 53.9 cm³/mol. The second-order valence-corrected chi connectivity index (χ2v) is 3.35. The summed E-state index contributed by atoms with van der Waals surface area (Å²) in [6.07, 6.45) is 0. The van der Waals surface area contributed by atoms with Crippen LogP contribution in [0.15, 0.2) is 11.4 Å². The number of carbonyl (C=O) groups is 2. The number of nitrogens with zero attached hydrogens (tertiary/aromatic N) is 1. The minimum absolute atomic E-state index is 0.0344. The maximum Gasteiger partial charge on any atom is 0.338 e. The van der Waals surface area contributed by atoms with Gasteiger partial charge in [0.05, 0.1) is 11.6 Å². The van der Waals surface area contributed by atoms with Crippen molar-refractivity contribution in [3.63, 3.8) is 0 Å². The summed E-state index contributed by atoms with van der Waals surface area (Å²) in [5, 5.41) is 23.3. The Bertz CT molecular complexity index is 421. The lowest BCUT2D eigenvalue weighted by Gasteiger charge is -2.03. The first-order valence-corrected chi connectivity index (χ1v) is 4.75. The van der Waals surface area contributed by atoms with Crippen LogP contribution < -0.4 is 10.6 Å². The SMILES string of the molecule is N#CCNC(=O)Nc1sccc1C(=O)O. The molecule has 1 rings (SSSR count). The van der Waals surface area contributed by atoms with Gasteiger partial charge in [-0.1, -0.05) is 0 Å². The van der Waals surface area contributed by atoms with E-state index in [-0.39, 0.29) is 17.1 Å². The number of urea groups is 1. The van der Waals surface area contributed by atoms with Crippen LogP contribution in [-0.4, -0.2) is 23.7 Å². The number of hydrogen-bond donors (Lipinski definition) is 3. The number of amides is 2. The molecule has 1 aromatic rings. The van der Waals surface area contributed by atoms with Crippen LogP contribution in [0.4, 0.5) is 9.80 Å². The van der Waals surface area contributed by atoms with E-state index in [1.807, 2.05) is 0 Å². The van der Waals surface area contributed by atoms with Gasteiger partial charge in [-0.05, 0) is 11.4 Å². The van der Waals surface area contributed by atoms with Crippen LogP contribution in [0.2, 0.25) is 0 Å². The first-order chi connectivity index (χ1) is 7.15. The summed E-state index contributed by atoms with van der Waals surface area (Å²) in [6.45, 7) is -0.125. The molecular weight excluding hydrogens is 218 g/mol. The van der Waals surface area contributed by atoms with Crippen LogP contribution in [0.3, 0.4) is 0 Å². The summed E-state index contributed by atoms with van der Waals surface area (Å²) in [6, 6.07) is 2.53. The maximum atomic E-state index is 11.1. The molecule has 0 aliphatic carbocycles. The molecule has 3 N–H and O–H groups in total. The predicted octanol–water partition coefficient (Wildman–Crippen LogP) is 1.09. The van der Waals surface area contributed by atoms with E-state index in [1.54, 1.807) is 11.4 Å². The van der Waals surface area contributed by atoms with Crippen molar-refractivity contribution in [3.8, 4) is 6.07 Å². The third-order valence-corrected chi connectivity index (χ3v) is 2.28. The number of rotatable bonds is 3. The van der Waals surface area contributed by atoms with Crippen LogP contribution in [0.25, 0.3) is 0 Å². The molecule has 78 valence electrons. The normalized spacial score (nSPS) is 9.00. The molecule has 0 aromatic carbocycles. The monoisotopic (exact) mass is 225 g/mol. The molecule has 7 heteroatoms. The van der Waals surface area contributed by atoms with Crippen LogP contribution in [0.1, 0.15) is 10.4 Å². The summed E-state index contributed by atoms with van der Waals surface area (Å²) < 4.78 is 0. The molecule has 0 saturated carbocycles. The van der Waals surface area contributed by atoms with Gasteiger partial charge in [0.2, 0.25) is 0 Å². The number of aromatic carboxylic acids is 1. The standard InChI is InChI=1S/C8H7N3O3S/c9-2-3-10-8(14)11-6-5(7(12)13)1-4-15-6/h1,4H,3H2,(H,12,13)(H2,10,11,14). The molecule has 1 heterocycles. The van der Waals surface area contributed by atoms with E-state index in [1.165, 1.54) is 6.07 Å². The second-order valence-electron chi connectivity index (χ2n) is 2.43. The van der Waals surface area contributed by atoms with E-state index in [2.05, 4.69) is 10.6 Å². The van der Waals surface area contributed by atoms with Gasteiger partial charge in [0.1, 0.15) is 11.5 Å². The number of anilines is 1. The molecule has 2 amide bonds. The van der Waals surface area contributed by atoms with E-state index in [9.17, 15) is 9.59 Å². The molecule has 0 spiro atoms. The first-order valence-electron chi connectivity index (χ1n) is 3.87. The van der Waals surface area contributed by atoms with E-state index in [0.717, 1.165) is 11.3 Å². The highest BCUT2D eigenvalue weighted by Crippen LogP contribution is 2.22. The largest absolute Gasteiger partial charge is 0.478 e. The van der Waals surface area contributed by atoms with E-state index >= 15 is 0 Å². The zero-order valence-electron chi connectivity index (χ0n) is 7.48. The average molecular weight is 225 g/mol. The molecule has 0 aliphatic rings. The van der Waals surface area contributed by atoms with Crippen LogP contribution >= 0.6 is 11.3 Å². The number of hydrogen-bond acceptors (Lipinski definition) is 4. The molecule has 0 fully saturated rings. The highest BCUT2D eigenvalue weighted by atomic mass is 32.1. The van der Waals surface area contributed by atoms with Gasteiger partial charge in [0.25, 0.3) is 0 Å². The van der Waals surface area contributed by atoms with Crippen molar-refractivity contribution in [2.45, 2.75) is 0 Å². The Morgan fingerprint density at radius 3 is 2.93 bits per heavy atom. The lowest BCUT2D eigenvalue weighted by molar-refractivity contribution is 0.0698. The summed E-state index contributed by atoms with van der Waals surface area (Å²) in [7, 11) is 0. The van der Waals surface area contributed by atoms with Crippen molar-refractivity contribution in [3.05, 3.63) is 17.0 Å². The second kappa shape index (κ2) is 4.97. The summed E-state index contributed by atoms with van der Waals surface area (Å²) in [5.74, 6) is -1.10.